The van der Waals surface area contributed by atoms with E-state index in [1.165, 1.54) is 0 Å². The van der Waals surface area contributed by atoms with Crippen LogP contribution < -0.4 is 15.2 Å². The van der Waals surface area contributed by atoms with Gasteiger partial charge in [-0.15, -0.1) is 0 Å². The van der Waals surface area contributed by atoms with Gasteiger partial charge < -0.3 is 19.9 Å². The Kier molecular flexibility index (Phi) is 4.33. The minimum absolute atomic E-state index is 0.207. The maximum absolute atomic E-state index is 11.3. The third kappa shape index (κ3) is 3.02. The summed E-state index contributed by atoms with van der Waals surface area (Å²) in [6, 6.07) is 11.8. The molecule has 0 bridgehead atoms. The number of hydrogen-bond donors (Lipinski definition) is 1. The van der Waals surface area contributed by atoms with Crippen molar-refractivity contribution in [3.8, 4) is 22.6 Å². The third-order valence-electron chi connectivity index (χ3n) is 4.73. The molecular formula is C20H23NO4. The highest BCUT2D eigenvalue weighted by atomic mass is 16.6. The van der Waals surface area contributed by atoms with Crippen molar-refractivity contribution < 1.29 is 19.0 Å². The van der Waals surface area contributed by atoms with Crippen LogP contribution in [0.4, 0.5) is 4.79 Å². The largest absolute Gasteiger partial charge is 0.496 e. The van der Waals surface area contributed by atoms with Crippen LogP contribution in [0.15, 0.2) is 36.4 Å². The van der Waals surface area contributed by atoms with Gasteiger partial charge in [0.15, 0.2) is 0 Å². The Labute approximate surface area is 147 Å². The molecule has 2 N–H and O–H groups in total. The van der Waals surface area contributed by atoms with Crippen molar-refractivity contribution in [3.63, 3.8) is 0 Å². The minimum atomic E-state index is -0.749. The summed E-state index contributed by atoms with van der Waals surface area (Å²) in [7, 11) is 3.29. The quantitative estimate of drug-likeness (QED) is 0.909. The Hall–Kier alpha value is -2.69. The predicted molar refractivity (Wildman–Crippen MR) is 95.9 cm³/mol. The number of primary amides is 1. The molecule has 1 aliphatic rings. The molecule has 0 radical (unpaired) electrons. The maximum Gasteiger partial charge on any atom is 0.405 e. The molecule has 2 aromatic carbocycles. The van der Waals surface area contributed by atoms with Crippen LogP contribution in [0.1, 0.15) is 31.1 Å². The molecule has 1 aliphatic carbocycles. The van der Waals surface area contributed by atoms with Gasteiger partial charge in [-0.2, -0.15) is 0 Å². The van der Waals surface area contributed by atoms with E-state index in [1.807, 2.05) is 30.3 Å². The predicted octanol–water partition coefficient (Wildman–Crippen LogP) is 4.09. The van der Waals surface area contributed by atoms with Crippen LogP contribution in [0.3, 0.4) is 0 Å². The monoisotopic (exact) mass is 341 g/mol. The van der Waals surface area contributed by atoms with E-state index >= 15 is 0 Å². The summed E-state index contributed by atoms with van der Waals surface area (Å²) in [4.78, 5) is 11.3. The molecule has 25 heavy (non-hydrogen) atoms. The van der Waals surface area contributed by atoms with Crippen molar-refractivity contribution in [3.05, 3.63) is 47.5 Å². The molecule has 5 nitrogen and oxygen atoms in total. The van der Waals surface area contributed by atoms with Crippen LogP contribution in [0, 0.1) is 5.41 Å². The Morgan fingerprint density at radius 3 is 2.32 bits per heavy atom. The molecule has 0 aliphatic heterocycles. The van der Waals surface area contributed by atoms with E-state index in [9.17, 15) is 4.79 Å². The molecule has 0 heterocycles. The first-order valence-electron chi connectivity index (χ1n) is 8.17. The van der Waals surface area contributed by atoms with E-state index in [0.29, 0.717) is 0 Å². The van der Waals surface area contributed by atoms with Gasteiger partial charge in [0.25, 0.3) is 0 Å². The van der Waals surface area contributed by atoms with E-state index in [-0.39, 0.29) is 11.5 Å². The Balaban J connectivity index is 2.09. The topological polar surface area (TPSA) is 70.8 Å². The van der Waals surface area contributed by atoms with E-state index < -0.39 is 6.09 Å². The fourth-order valence-electron chi connectivity index (χ4n) is 3.65. The SMILES string of the molecule is COc1cccc(OC)c1-c1ccc2c(c1)CC(C)(C)C2OC(N)=O. The van der Waals surface area contributed by atoms with E-state index in [1.54, 1.807) is 14.2 Å². The van der Waals surface area contributed by atoms with E-state index in [0.717, 1.165) is 40.2 Å². The number of carbonyl (C=O) groups is 1. The zero-order valence-electron chi connectivity index (χ0n) is 15.0. The molecule has 1 amide bonds. The maximum atomic E-state index is 11.3. The molecule has 0 fully saturated rings. The normalized spacial score (nSPS) is 17.7. The highest BCUT2D eigenvalue weighted by Gasteiger charge is 2.41. The van der Waals surface area contributed by atoms with Gasteiger partial charge in [0.2, 0.25) is 0 Å². The van der Waals surface area contributed by atoms with Crippen LogP contribution in [-0.4, -0.2) is 20.3 Å². The molecule has 0 aromatic heterocycles. The fraction of sp³-hybridized carbons (Fsp3) is 0.350. The molecule has 0 saturated heterocycles. The first-order chi connectivity index (χ1) is 11.9. The molecule has 1 unspecified atom stereocenters. The number of nitrogens with two attached hydrogens (primary N) is 1. The van der Waals surface area contributed by atoms with Gasteiger partial charge >= 0.3 is 6.09 Å². The van der Waals surface area contributed by atoms with Crippen molar-refractivity contribution in [2.75, 3.05) is 14.2 Å². The average Bonchev–Trinajstić information content (AvgIpc) is 2.82. The number of fused-ring (bicyclic) bond motifs is 1. The van der Waals surface area contributed by atoms with E-state index in [2.05, 4.69) is 19.9 Å². The number of carbonyl (C=O) groups excluding carboxylic acids is 1. The van der Waals surface area contributed by atoms with Crippen LogP contribution in [0.2, 0.25) is 0 Å². The lowest BCUT2D eigenvalue weighted by Crippen LogP contribution is -2.25. The highest BCUT2D eigenvalue weighted by Crippen LogP contribution is 2.49. The number of rotatable bonds is 4. The number of hydrogen-bond acceptors (Lipinski definition) is 4. The van der Waals surface area contributed by atoms with Crippen molar-refractivity contribution in [2.45, 2.75) is 26.4 Å². The molecule has 2 aromatic rings. The van der Waals surface area contributed by atoms with Crippen molar-refractivity contribution in [1.82, 2.24) is 0 Å². The Morgan fingerprint density at radius 2 is 1.76 bits per heavy atom. The van der Waals surface area contributed by atoms with Crippen LogP contribution >= 0.6 is 0 Å². The van der Waals surface area contributed by atoms with Gasteiger partial charge in [0.05, 0.1) is 19.8 Å². The number of benzene rings is 2. The first kappa shape index (κ1) is 17.1. The zero-order chi connectivity index (χ0) is 18.2. The summed E-state index contributed by atoms with van der Waals surface area (Å²) in [5.74, 6) is 1.50. The standard InChI is InChI=1S/C20H23NO4/c1-20(2)11-13-10-12(8-9-14(13)18(20)25-19(21)22)17-15(23-3)6-5-7-16(17)24-4/h5-10,18H,11H2,1-4H3,(H2,21,22). The van der Waals surface area contributed by atoms with E-state index in [4.69, 9.17) is 19.9 Å². The van der Waals surface area contributed by atoms with Gasteiger partial charge in [0.1, 0.15) is 17.6 Å². The fourth-order valence-corrected chi connectivity index (χ4v) is 3.65. The molecule has 1 atom stereocenters. The highest BCUT2D eigenvalue weighted by molar-refractivity contribution is 5.78. The first-order valence-corrected chi connectivity index (χ1v) is 8.17. The number of amides is 1. The molecule has 0 saturated carbocycles. The van der Waals surface area contributed by atoms with Crippen molar-refractivity contribution in [2.24, 2.45) is 11.1 Å². The number of ether oxygens (including phenoxy) is 3. The second-order valence-corrected chi connectivity index (χ2v) is 6.93. The third-order valence-corrected chi connectivity index (χ3v) is 4.73. The summed E-state index contributed by atoms with van der Waals surface area (Å²) in [6.07, 6.45) is -0.291. The minimum Gasteiger partial charge on any atom is -0.496 e. The molecule has 0 spiro atoms. The average molecular weight is 341 g/mol. The lowest BCUT2D eigenvalue weighted by molar-refractivity contribution is 0.0392. The van der Waals surface area contributed by atoms with Gasteiger partial charge in [-0.25, -0.2) is 4.79 Å². The van der Waals surface area contributed by atoms with Gasteiger partial charge in [-0.1, -0.05) is 38.1 Å². The van der Waals surface area contributed by atoms with Crippen molar-refractivity contribution in [1.29, 1.82) is 0 Å². The molecular weight excluding hydrogens is 318 g/mol. The zero-order valence-corrected chi connectivity index (χ0v) is 15.0. The van der Waals surface area contributed by atoms with Gasteiger partial charge in [0, 0.05) is 5.41 Å². The van der Waals surface area contributed by atoms with Gasteiger partial charge in [-0.3, -0.25) is 0 Å². The molecule has 132 valence electrons. The van der Waals surface area contributed by atoms with Crippen molar-refractivity contribution >= 4 is 6.09 Å². The summed E-state index contributed by atoms with van der Waals surface area (Å²) in [5.41, 5.74) is 9.10. The van der Waals surface area contributed by atoms with Gasteiger partial charge in [-0.05, 0) is 35.2 Å². The smallest absolute Gasteiger partial charge is 0.405 e. The second-order valence-electron chi connectivity index (χ2n) is 6.93. The second kappa shape index (κ2) is 6.31. The Bertz CT molecular complexity index is 791. The molecule has 5 heteroatoms. The van der Waals surface area contributed by atoms with Crippen LogP contribution in [0.5, 0.6) is 11.5 Å². The lowest BCUT2D eigenvalue weighted by Gasteiger charge is -2.26. The van der Waals surface area contributed by atoms with Crippen LogP contribution in [-0.2, 0) is 11.2 Å². The summed E-state index contributed by atoms with van der Waals surface area (Å²) in [5, 5.41) is 0. The lowest BCUT2D eigenvalue weighted by atomic mass is 9.87. The summed E-state index contributed by atoms with van der Waals surface area (Å²) < 4.78 is 16.4. The van der Waals surface area contributed by atoms with Crippen LogP contribution in [0.25, 0.3) is 11.1 Å². The molecule has 3 rings (SSSR count). The number of methoxy groups -OCH3 is 2. The summed E-state index contributed by atoms with van der Waals surface area (Å²) >= 11 is 0. The Morgan fingerprint density at radius 1 is 1.12 bits per heavy atom. The summed E-state index contributed by atoms with van der Waals surface area (Å²) in [6.45, 7) is 4.15.